The summed E-state index contributed by atoms with van der Waals surface area (Å²) in [6.45, 7) is 3.38. The number of rotatable bonds is 8. The van der Waals surface area contributed by atoms with Gasteiger partial charge in [-0.15, -0.1) is 0 Å². The Morgan fingerprint density at radius 2 is 1.79 bits per heavy atom. The van der Waals surface area contributed by atoms with Gasteiger partial charge in [-0.05, 0) is 24.3 Å². The molecule has 152 valence electrons. The standard InChI is InChI=1S/C19H21F2NO5S/c1-4-22(5-2)28(24,25)17-11-13(9-10-16(17)26-3)19(23)27-12-14-7-6-8-15(20)18(14)21/h6-11H,4-5,12H2,1-3H3. The second-order valence-electron chi connectivity index (χ2n) is 5.74. The van der Waals surface area contributed by atoms with Crippen molar-refractivity contribution in [1.82, 2.24) is 4.31 Å². The summed E-state index contributed by atoms with van der Waals surface area (Å²) < 4.78 is 63.9. The fourth-order valence-electron chi connectivity index (χ4n) is 2.59. The Kier molecular flexibility index (Phi) is 7.09. The zero-order valence-electron chi connectivity index (χ0n) is 15.7. The van der Waals surface area contributed by atoms with Gasteiger partial charge < -0.3 is 9.47 Å². The molecule has 2 rings (SSSR count). The van der Waals surface area contributed by atoms with E-state index < -0.39 is 34.2 Å². The van der Waals surface area contributed by atoms with Crippen molar-refractivity contribution in [2.24, 2.45) is 0 Å². The zero-order chi connectivity index (χ0) is 20.9. The Bertz CT molecular complexity index is 959. The van der Waals surface area contributed by atoms with Crippen LogP contribution in [-0.4, -0.2) is 38.9 Å². The highest BCUT2D eigenvalue weighted by Gasteiger charge is 2.27. The summed E-state index contributed by atoms with van der Waals surface area (Å²) >= 11 is 0. The maximum Gasteiger partial charge on any atom is 0.338 e. The topological polar surface area (TPSA) is 72.9 Å². The number of carbonyl (C=O) groups excluding carboxylic acids is 1. The number of esters is 1. The Labute approximate surface area is 162 Å². The molecule has 0 amide bonds. The minimum absolute atomic E-state index is 0.0525. The lowest BCUT2D eigenvalue weighted by Gasteiger charge is -2.20. The Morgan fingerprint density at radius 3 is 2.39 bits per heavy atom. The molecule has 0 heterocycles. The number of halogens is 2. The van der Waals surface area contributed by atoms with E-state index in [0.717, 1.165) is 12.1 Å². The van der Waals surface area contributed by atoms with Crippen LogP contribution in [0, 0.1) is 11.6 Å². The van der Waals surface area contributed by atoms with E-state index in [0.29, 0.717) is 0 Å². The van der Waals surface area contributed by atoms with E-state index in [1.807, 2.05) is 0 Å². The molecule has 2 aromatic rings. The Balaban J connectivity index is 2.31. The van der Waals surface area contributed by atoms with Crippen LogP contribution >= 0.6 is 0 Å². The van der Waals surface area contributed by atoms with Gasteiger partial charge in [0, 0.05) is 18.7 Å². The highest BCUT2D eigenvalue weighted by Crippen LogP contribution is 2.28. The van der Waals surface area contributed by atoms with Crippen LogP contribution < -0.4 is 4.74 Å². The fraction of sp³-hybridized carbons (Fsp3) is 0.316. The maximum atomic E-state index is 13.7. The SMILES string of the molecule is CCN(CC)S(=O)(=O)c1cc(C(=O)OCc2cccc(F)c2F)ccc1OC. The molecule has 2 aromatic carbocycles. The van der Waals surface area contributed by atoms with E-state index in [-0.39, 0.29) is 34.9 Å². The summed E-state index contributed by atoms with van der Waals surface area (Å²) in [5, 5.41) is 0. The van der Waals surface area contributed by atoms with Crippen LogP contribution in [0.15, 0.2) is 41.3 Å². The largest absolute Gasteiger partial charge is 0.495 e. The van der Waals surface area contributed by atoms with Gasteiger partial charge in [0.2, 0.25) is 10.0 Å². The van der Waals surface area contributed by atoms with Crippen LogP contribution in [0.5, 0.6) is 5.75 Å². The first-order valence-electron chi connectivity index (χ1n) is 8.54. The number of methoxy groups -OCH3 is 1. The predicted molar refractivity (Wildman–Crippen MR) is 98.6 cm³/mol. The second kappa shape index (κ2) is 9.11. The van der Waals surface area contributed by atoms with Gasteiger partial charge in [-0.25, -0.2) is 22.0 Å². The van der Waals surface area contributed by atoms with Crippen LogP contribution in [0.4, 0.5) is 8.78 Å². The molecule has 0 fully saturated rings. The molecule has 0 saturated heterocycles. The summed E-state index contributed by atoms with van der Waals surface area (Å²) in [5.74, 6) is -2.94. The van der Waals surface area contributed by atoms with Gasteiger partial charge in [0.25, 0.3) is 0 Å². The molecule has 0 radical (unpaired) electrons. The maximum absolute atomic E-state index is 13.7. The molecule has 9 heteroatoms. The molecule has 28 heavy (non-hydrogen) atoms. The van der Waals surface area contributed by atoms with Gasteiger partial charge in [0.15, 0.2) is 11.6 Å². The molecule has 0 aliphatic carbocycles. The number of nitrogens with zero attached hydrogens (tertiary/aromatic N) is 1. The van der Waals surface area contributed by atoms with Crippen LogP contribution in [0.1, 0.15) is 29.8 Å². The lowest BCUT2D eigenvalue weighted by Crippen LogP contribution is -2.31. The van der Waals surface area contributed by atoms with Crippen molar-refractivity contribution in [3.8, 4) is 5.75 Å². The van der Waals surface area contributed by atoms with Crippen molar-refractivity contribution >= 4 is 16.0 Å². The summed E-state index contributed by atoms with van der Waals surface area (Å²) in [6.07, 6.45) is 0. The van der Waals surface area contributed by atoms with Gasteiger partial charge in [0.1, 0.15) is 17.3 Å². The molecule has 0 atom stereocenters. The van der Waals surface area contributed by atoms with Crippen molar-refractivity contribution in [3.63, 3.8) is 0 Å². The lowest BCUT2D eigenvalue weighted by atomic mass is 10.2. The number of sulfonamides is 1. The molecule has 0 saturated carbocycles. The van der Waals surface area contributed by atoms with E-state index in [2.05, 4.69) is 0 Å². The van der Waals surface area contributed by atoms with E-state index >= 15 is 0 Å². The second-order valence-corrected chi connectivity index (χ2v) is 7.65. The number of hydrogen-bond donors (Lipinski definition) is 0. The highest BCUT2D eigenvalue weighted by atomic mass is 32.2. The molecule has 0 bridgehead atoms. The Hall–Kier alpha value is -2.52. The van der Waals surface area contributed by atoms with Crippen molar-refractivity contribution in [2.75, 3.05) is 20.2 Å². The van der Waals surface area contributed by atoms with Crippen molar-refractivity contribution in [2.45, 2.75) is 25.3 Å². The van der Waals surface area contributed by atoms with Crippen LogP contribution in [0.2, 0.25) is 0 Å². The third-order valence-corrected chi connectivity index (χ3v) is 6.18. The van der Waals surface area contributed by atoms with Crippen molar-refractivity contribution in [1.29, 1.82) is 0 Å². The number of ether oxygens (including phenoxy) is 2. The van der Waals surface area contributed by atoms with Gasteiger partial charge in [-0.1, -0.05) is 26.0 Å². The quantitative estimate of drug-likeness (QED) is 0.621. The normalized spacial score (nSPS) is 11.5. The first-order chi connectivity index (χ1) is 13.3. The molecule has 0 unspecified atom stereocenters. The third kappa shape index (κ3) is 4.48. The lowest BCUT2D eigenvalue weighted by molar-refractivity contribution is 0.0467. The van der Waals surface area contributed by atoms with Crippen LogP contribution in [-0.2, 0) is 21.4 Å². The third-order valence-electron chi connectivity index (χ3n) is 4.11. The van der Waals surface area contributed by atoms with E-state index in [9.17, 15) is 22.0 Å². The summed E-state index contributed by atoms with van der Waals surface area (Å²) in [5.41, 5.74) is -0.179. The predicted octanol–water partition coefficient (Wildman–Crippen LogP) is 3.36. The fourth-order valence-corrected chi connectivity index (χ4v) is 4.23. The highest BCUT2D eigenvalue weighted by molar-refractivity contribution is 7.89. The molecular formula is C19H21F2NO5S. The smallest absolute Gasteiger partial charge is 0.338 e. The van der Waals surface area contributed by atoms with E-state index in [4.69, 9.17) is 9.47 Å². The van der Waals surface area contributed by atoms with Gasteiger partial charge in [-0.2, -0.15) is 4.31 Å². The summed E-state index contributed by atoms with van der Waals surface area (Å²) in [6, 6.07) is 7.37. The molecule has 0 N–H and O–H groups in total. The first kappa shape index (κ1) is 21.8. The molecule has 0 aliphatic heterocycles. The number of benzene rings is 2. The van der Waals surface area contributed by atoms with Gasteiger partial charge in [-0.3, -0.25) is 0 Å². The van der Waals surface area contributed by atoms with Crippen LogP contribution in [0.3, 0.4) is 0 Å². The zero-order valence-corrected chi connectivity index (χ0v) is 16.6. The average Bonchev–Trinajstić information content (AvgIpc) is 2.69. The van der Waals surface area contributed by atoms with Gasteiger partial charge in [0.05, 0.1) is 12.7 Å². The molecule has 0 aromatic heterocycles. The van der Waals surface area contributed by atoms with E-state index in [1.54, 1.807) is 13.8 Å². The molecular weight excluding hydrogens is 392 g/mol. The summed E-state index contributed by atoms with van der Waals surface area (Å²) in [7, 11) is -2.57. The van der Waals surface area contributed by atoms with E-state index in [1.165, 1.54) is 35.7 Å². The van der Waals surface area contributed by atoms with Gasteiger partial charge >= 0.3 is 5.97 Å². The minimum atomic E-state index is -3.89. The number of carbonyl (C=O) groups is 1. The minimum Gasteiger partial charge on any atom is -0.495 e. The summed E-state index contributed by atoms with van der Waals surface area (Å²) in [4.78, 5) is 12.1. The van der Waals surface area contributed by atoms with Crippen molar-refractivity contribution in [3.05, 3.63) is 59.2 Å². The Morgan fingerprint density at radius 1 is 1.11 bits per heavy atom. The molecule has 0 spiro atoms. The molecule has 6 nitrogen and oxygen atoms in total. The van der Waals surface area contributed by atoms with Crippen molar-refractivity contribution < 1.29 is 31.5 Å². The average molecular weight is 413 g/mol. The first-order valence-corrected chi connectivity index (χ1v) is 9.98. The van der Waals surface area contributed by atoms with Crippen LogP contribution in [0.25, 0.3) is 0 Å². The monoisotopic (exact) mass is 413 g/mol. The number of hydrogen-bond acceptors (Lipinski definition) is 5. The molecule has 0 aliphatic rings.